The van der Waals surface area contributed by atoms with Gasteiger partial charge in [-0.25, -0.2) is 4.79 Å². The van der Waals surface area contributed by atoms with Crippen LogP contribution in [0.4, 0.5) is 4.79 Å². The number of rotatable bonds is 8. The van der Waals surface area contributed by atoms with Gasteiger partial charge in [-0.2, -0.15) is 0 Å². The van der Waals surface area contributed by atoms with Gasteiger partial charge < -0.3 is 10.2 Å². The summed E-state index contributed by atoms with van der Waals surface area (Å²) in [7, 11) is 0. The smallest absolute Gasteiger partial charge is 0.322 e. The molecule has 1 fully saturated rings. The van der Waals surface area contributed by atoms with Crippen molar-refractivity contribution in [1.29, 1.82) is 0 Å². The number of urea groups is 1. The zero-order valence-electron chi connectivity index (χ0n) is 19.0. The first-order valence-corrected chi connectivity index (χ1v) is 12.0. The molecule has 4 rings (SSSR count). The molecule has 0 atom stereocenters. The van der Waals surface area contributed by atoms with Crippen LogP contribution >= 0.6 is 0 Å². The van der Waals surface area contributed by atoms with E-state index in [0.717, 1.165) is 31.8 Å². The minimum atomic E-state index is -0.0435. The first-order valence-electron chi connectivity index (χ1n) is 12.0. The Morgan fingerprint density at radius 1 is 1.09 bits per heavy atom. The summed E-state index contributed by atoms with van der Waals surface area (Å²) in [6.45, 7) is 6.30. The van der Waals surface area contributed by atoms with E-state index in [9.17, 15) is 4.79 Å². The molecule has 32 heavy (non-hydrogen) atoms. The monoisotopic (exact) mass is 429 g/mol. The predicted octanol–water partition coefficient (Wildman–Crippen LogP) is 6.27. The molecule has 0 unspecified atom stereocenters. The number of allylic oxidation sites excluding steroid dienone is 4. The number of nitrogens with zero attached hydrogens (tertiary/aromatic N) is 1. The van der Waals surface area contributed by atoms with Gasteiger partial charge in [-0.3, -0.25) is 5.32 Å². The number of carbonyl (C=O) groups excluding carboxylic acids is 1. The highest BCUT2D eigenvalue weighted by Crippen LogP contribution is 2.25. The Kier molecular flexibility index (Phi) is 7.65. The molecule has 0 saturated carbocycles. The zero-order chi connectivity index (χ0) is 22.2. The van der Waals surface area contributed by atoms with Gasteiger partial charge in [-0.15, -0.1) is 0 Å². The lowest BCUT2D eigenvalue weighted by atomic mass is 9.90. The van der Waals surface area contributed by atoms with Gasteiger partial charge in [0.25, 0.3) is 0 Å². The van der Waals surface area contributed by atoms with Gasteiger partial charge >= 0.3 is 6.03 Å². The summed E-state index contributed by atoms with van der Waals surface area (Å²) in [6.07, 6.45) is 15.1. The molecule has 1 aliphatic heterocycles. The van der Waals surface area contributed by atoms with E-state index >= 15 is 0 Å². The summed E-state index contributed by atoms with van der Waals surface area (Å²) in [5.74, 6) is 1.30. The third-order valence-corrected chi connectivity index (χ3v) is 6.74. The summed E-state index contributed by atoms with van der Waals surface area (Å²) in [5.41, 5.74) is 2.79. The van der Waals surface area contributed by atoms with Crippen LogP contribution in [0.15, 0.2) is 78.7 Å². The number of amides is 2. The highest BCUT2D eigenvalue weighted by atomic mass is 16.2. The fourth-order valence-corrected chi connectivity index (χ4v) is 4.80. The summed E-state index contributed by atoms with van der Waals surface area (Å²) in [6, 6.07) is 14.6. The van der Waals surface area contributed by atoms with Crippen LogP contribution in [0.25, 0.3) is 10.8 Å². The number of likely N-dealkylation sites (tertiary alicyclic amines) is 1. The van der Waals surface area contributed by atoms with Crippen LogP contribution in [0.1, 0.15) is 50.5 Å². The maximum absolute atomic E-state index is 12.7. The highest BCUT2D eigenvalue weighted by molar-refractivity contribution is 5.85. The quantitative estimate of drug-likeness (QED) is 0.519. The molecule has 1 heterocycles. The van der Waals surface area contributed by atoms with Gasteiger partial charge in [0.05, 0.1) is 5.82 Å². The normalized spacial score (nSPS) is 16.6. The van der Waals surface area contributed by atoms with Gasteiger partial charge in [0.15, 0.2) is 0 Å². The van der Waals surface area contributed by atoms with E-state index < -0.39 is 0 Å². The predicted molar refractivity (Wildman–Crippen MR) is 133 cm³/mol. The van der Waals surface area contributed by atoms with Gasteiger partial charge in [0.2, 0.25) is 0 Å². The molecular weight excluding hydrogens is 394 g/mol. The zero-order valence-corrected chi connectivity index (χ0v) is 19.0. The molecule has 2 amide bonds. The van der Waals surface area contributed by atoms with Crippen LogP contribution < -0.4 is 10.6 Å². The van der Waals surface area contributed by atoms with Crippen molar-refractivity contribution in [1.82, 2.24) is 15.5 Å². The standard InChI is InChI=1S/C28H35N3O/c1-22(29-21-26-15-8-14-25-13-5-6-16-27(25)26)30-28(32)31-19-17-24(18-20-31)12-7-11-23-9-3-2-4-10-23/h2-3,5-6,8-9,13-16,24,29H,1,4,7,10-12,17-21H2,(H,30,32). The molecule has 168 valence electrons. The van der Waals surface area contributed by atoms with Crippen molar-refractivity contribution in [2.45, 2.75) is 51.5 Å². The van der Waals surface area contributed by atoms with Crippen molar-refractivity contribution in [3.63, 3.8) is 0 Å². The van der Waals surface area contributed by atoms with Crippen LogP contribution in [-0.4, -0.2) is 24.0 Å². The van der Waals surface area contributed by atoms with Crippen LogP contribution in [0.5, 0.6) is 0 Å². The fourth-order valence-electron chi connectivity index (χ4n) is 4.80. The number of carbonyl (C=O) groups is 1. The number of nitrogens with one attached hydrogen (secondary N) is 2. The lowest BCUT2D eigenvalue weighted by Crippen LogP contribution is -2.45. The van der Waals surface area contributed by atoms with E-state index in [4.69, 9.17) is 0 Å². The average molecular weight is 430 g/mol. The molecule has 1 aliphatic carbocycles. The number of benzene rings is 2. The second-order valence-corrected chi connectivity index (χ2v) is 9.01. The van der Waals surface area contributed by atoms with Crippen LogP contribution in [0.2, 0.25) is 0 Å². The second-order valence-electron chi connectivity index (χ2n) is 9.01. The summed E-state index contributed by atoms with van der Waals surface area (Å²) < 4.78 is 0. The molecule has 2 N–H and O–H groups in total. The number of hydrogen-bond donors (Lipinski definition) is 2. The Hall–Kier alpha value is -3.01. The molecule has 4 heteroatoms. The lowest BCUT2D eigenvalue weighted by molar-refractivity contribution is 0.169. The average Bonchev–Trinajstić information content (AvgIpc) is 2.84. The molecule has 0 aromatic heterocycles. The first kappa shape index (κ1) is 22.2. The first-order chi connectivity index (χ1) is 15.7. The molecule has 2 aliphatic rings. The largest absolute Gasteiger partial charge is 0.368 e. The van der Waals surface area contributed by atoms with Crippen LogP contribution in [0.3, 0.4) is 0 Å². The van der Waals surface area contributed by atoms with E-state index in [-0.39, 0.29) is 6.03 Å². The maximum atomic E-state index is 12.7. The Morgan fingerprint density at radius 2 is 1.91 bits per heavy atom. The van der Waals surface area contributed by atoms with Crippen LogP contribution in [0, 0.1) is 5.92 Å². The van der Waals surface area contributed by atoms with Gasteiger partial charge in [-0.05, 0) is 60.8 Å². The summed E-state index contributed by atoms with van der Waals surface area (Å²) >= 11 is 0. The molecule has 1 saturated heterocycles. The van der Waals surface area contributed by atoms with E-state index in [1.54, 1.807) is 5.57 Å². The Morgan fingerprint density at radius 3 is 2.72 bits per heavy atom. The molecular formula is C28H35N3O. The lowest BCUT2D eigenvalue weighted by Gasteiger charge is -2.32. The van der Waals surface area contributed by atoms with Crippen molar-refractivity contribution in [3.05, 3.63) is 84.2 Å². The number of hydrogen-bond acceptors (Lipinski definition) is 2. The van der Waals surface area contributed by atoms with Gasteiger partial charge in [0, 0.05) is 19.6 Å². The van der Waals surface area contributed by atoms with E-state index in [1.807, 2.05) is 11.0 Å². The van der Waals surface area contributed by atoms with E-state index in [0.29, 0.717) is 12.4 Å². The molecule has 0 bridgehead atoms. The summed E-state index contributed by atoms with van der Waals surface area (Å²) in [5, 5.41) is 8.64. The van der Waals surface area contributed by atoms with Gasteiger partial charge in [-0.1, -0.05) is 79.3 Å². The SMILES string of the molecule is C=C(NCc1cccc2ccccc12)NC(=O)N1CCC(CCCC2=CC=CCC2)CC1. The fraction of sp³-hybridized carbons (Fsp3) is 0.393. The van der Waals surface area contributed by atoms with Crippen molar-refractivity contribution in [2.24, 2.45) is 5.92 Å². The minimum absolute atomic E-state index is 0.0435. The van der Waals surface area contributed by atoms with Crippen molar-refractivity contribution < 1.29 is 4.79 Å². The topological polar surface area (TPSA) is 44.4 Å². The Labute approximate surface area is 192 Å². The number of piperidine rings is 1. The third kappa shape index (κ3) is 6.03. The minimum Gasteiger partial charge on any atom is -0.368 e. The molecule has 2 aromatic carbocycles. The van der Waals surface area contributed by atoms with Crippen LogP contribution in [-0.2, 0) is 6.54 Å². The molecule has 0 radical (unpaired) electrons. The Bertz CT molecular complexity index is 993. The third-order valence-electron chi connectivity index (χ3n) is 6.74. The van der Waals surface area contributed by atoms with Crippen molar-refractivity contribution in [3.8, 4) is 0 Å². The second kappa shape index (κ2) is 11.0. The summed E-state index contributed by atoms with van der Waals surface area (Å²) in [4.78, 5) is 14.6. The van der Waals surface area contributed by atoms with Crippen molar-refractivity contribution in [2.75, 3.05) is 13.1 Å². The number of fused-ring (bicyclic) bond motifs is 1. The van der Waals surface area contributed by atoms with E-state index in [2.05, 4.69) is 71.8 Å². The highest BCUT2D eigenvalue weighted by Gasteiger charge is 2.22. The Balaban J connectivity index is 1.16. The maximum Gasteiger partial charge on any atom is 0.322 e. The van der Waals surface area contributed by atoms with Gasteiger partial charge in [0.1, 0.15) is 0 Å². The molecule has 2 aromatic rings. The molecule has 0 spiro atoms. The van der Waals surface area contributed by atoms with Crippen molar-refractivity contribution >= 4 is 16.8 Å². The molecule has 4 nitrogen and oxygen atoms in total. The van der Waals surface area contributed by atoms with E-state index in [1.165, 1.54) is 48.4 Å².